The van der Waals surface area contributed by atoms with Crippen LogP contribution in [0.15, 0.2) is 30.8 Å². The maximum absolute atomic E-state index is 5.91. The normalized spacial score (nSPS) is 13.3. The molecule has 0 saturated heterocycles. The van der Waals surface area contributed by atoms with Crippen LogP contribution in [-0.2, 0) is 0 Å². The predicted molar refractivity (Wildman–Crippen MR) is 70.0 cm³/mol. The van der Waals surface area contributed by atoms with Crippen LogP contribution in [0.3, 0.4) is 0 Å². The molecule has 1 atom stereocenters. The Bertz CT molecular complexity index is 321. The Labute approximate surface area is 93.8 Å². The van der Waals surface area contributed by atoms with E-state index in [9.17, 15) is 0 Å². The number of hydrogen-bond donors (Lipinski definition) is 0. The quantitative estimate of drug-likeness (QED) is 0.698. The molecule has 0 saturated carbocycles. The number of ether oxygens (including phenoxy) is 1. The zero-order valence-electron chi connectivity index (χ0n) is 10.1. The Morgan fingerprint density at radius 2 is 1.73 bits per heavy atom. The van der Waals surface area contributed by atoms with E-state index in [-0.39, 0.29) is 0 Å². The van der Waals surface area contributed by atoms with Crippen molar-refractivity contribution < 1.29 is 4.74 Å². The van der Waals surface area contributed by atoms with E-state index >= 15 is 0 Å². The summed E-state index contributed by atoms with van der Waals surface area (Å²) >= 11 is 0. The molecule has 0 radical (unpaired) electrons. The Kier molecular flexibility index (Phi) is 3.75. The fourth-order valence-electron chi connectivity index (χ4n) is 1.06. The van der Waals surface area contributed by atoms with Gasteiger partial charge in [0, 0.05) is 0 Å². The van der Waals surface area contributed by atoms with Crippen LogP contribution in [0.4, 0.5) is 0 Å². The van der Waals surface area contributed by atoms with Crippen LogP contribution in [0.5, 0.6) is 5.75 Å². The second kappa shape index (κ2) is 4.66. The summed E-state index contributed by atoms with van der Waals surface area (Å²) in [5.74, 6) is 0.954. The molecule has 2 heteroatoms. The first-order valence-corrected chi connectivity index (χ1v) is 8.90. The maximum Gasteiger partial charge on any atom is 0.119 e. The van der Waals surface area contributed by atoms with E-state index < -0.39 is 8.07 Å². The van der Waals surface area contributed by atoms with Gasteiger partial charge in [0.15, 0.2) is 0 Å². The summed E-state index contributed by atoms with van der Waals surface area (Å²) in [5.41, 5.74) is 1.47. The van der Waals surface area contributed by atoms with Crippen LogP contribution in [0.25, 0.3) is 6.08 Å². The zero-order valence-corrected chi connectivity index (χ0v) is 11.1. The topological polar surface area (TPSA) is 9.23 Å². The SMILES string of the molecule is C=Cc1ccc(OC(C)[Si](C)(C)C)cc1. The summed E-state index contributed by atoms with van der Waals surface area (Å²) in [7, 11) is -1.21. The van der Waals surface area contributed by atoms with Gasteiger partial charge in [0.05, 0.1) is 13.8 Å². The molecule has 1 nitrogen and oxygen atoms in total. The van der Waals surface area contributed by atoms with Gasteiger partial charge in [-0.3, -0.25) is 0 Å². The van der Waals surface area contributed by atoms with E-state index in [0.717, 1.165) is 11.3 Å². The van der Waals surface area contributed by atoms with Gasteiger partial charge >= 0.3 is 0 Å². The monoisotopic (exact) mass is 220 g/mol. The highest BCUT2D eigenvalue weighted by Gasteiger charge is 2.24. The Balaban J connectivity index is 2.69. The van der Waals surface area contributed by atoms with Gasteiger partial charge < -0.3 is 4.74 Å². The average Bonchev–Trinajstić information content (AvgIpc) is 2.17. The molecule has 0 spiro atoms. The van der Waals surface area contributed by atoms with Crippen molar-refractivity contribution in [1.29, 1.82) is 0 Å². The van der Waals surface area contributed by atoms with Crippen molar-refractivity contribution in [3.63, 3.8) is 0 Å². The van der Waals surface area contributed by atoms with Crippen molar-refractivity contribution in [2.75, 3.05) is 0 Å². The van der Waals surface area contributed by atoms with Crippen molar-refractivity contribution in [2.45, 2.75) is 32.3 Å². The fourth-order valence-corrected chi connectivity index (χ4v) is 1.55. The third-order valence-corrected chi connectivity index (χ3v) is 5.21. The van der Waals surface area contributed by atoms with Crippen molar-refractivity contribution in [3.05, 3.63) is 36.4 Å². The van der Waals surface area contributed by atoms with E-state index in [0.29, 0.717) is 5.73 Å². The Morgan fingerprint density at radius 3 is 2.13 bits per heavy atom. The van der Waals surface area contributed by atoms with Crippen molar-refractivity contribution >= 4 is 14.1 Å². The first-order chi connectivity index (χ1) is 6.93. The molecule has 0 fully saturated rings. The molecule has 0 aromatic heterocycles. The van der Waals surface area contributed by atoms with E-state index in [1.807, 2.05) is 30.3 Å². The molecule has 1 aromatic rings. The number of hydrogen-bond acceptors (Lipinski definition) is 1. The van der Waals surface area contributed by atoms with Crippen molar-refractivity contribution in [3.8, 4) is 5.75 Å². The van der Waals surface area contributed by atoms with Crippen molar-refractivity contribution in [1.82, 2.24) is 0 Å². The Morgan fingerprint density at radius 1 is 1.20 bits per heavy atom. The summed E-state index contributed by atoms with van der Waals surface area (Å²) in [6.45, 7) is 12.8. The molecule has 0 aliphatic carbocycles. The lowest BCUT2D eigenvalue weighted by Crippen LogP contribution is -2.40. The number of benzene rings is 1. The smallest absolute Gasteiger partial charge is 0.119 e. The highest BCUT2D eigenvalue weighted by Crippen LogP contribution is 2.18. The highest BCUT2D eigenvalue weighted by molar-refractivity contribution is 6.77. The average molecular weight is 220 g/mol. The lowest BCUT2D eigenvalue weighted by Gasteiger charge is -2.26. The molecule has 0 bridgehead atoms. The van der Waals surface area contributed by atoms with Crippen molar-refractivity contribution in [2.24, 2.45) is 0 Å². The molecule has 0 aliphatic heterocycles. The molecule has 1 aromatic carbocycles. The second-order valence-electron chi connectivity index (χ2n) is 4.90. The summed E-state index contributed by atoms with van der Waals surface area (Å²) in [4.78, 5) is 0. The van der Waals surface area contributed by atoms with Gasteiger partial charge in [-0.05, 0) is 24.6 Å². The largest absolute Gasteiger partial charge is 0.494 e. The molecule has 0 amide bonds. The zero-order chi connectivity index (χ0) is 11.5. The second-order valence-corrected chi connectivity index (χ2v) is 10.4. The van der Waals surface area contributed by atoms with Gasteiger partial charge in [-0.2, -0.15) is 0 Å². The molecule has 0 heterocycles. The molecular weight excluding hydrogens is 200 g/mol. The number of rotatable bonds is 4. The van der Waals surface area contributed by atoms with Gasteiger partial charge in [-0.15, -0.1) is 0 Å². The minimum absolute atomic E-state index is 0.340. The molecule has 1 unspecified atom stereocenters. The minimum atomic E-state index is -1.21. The predicted octanol–water partition coefficient (Wildman–Crippen LogP) is 3.97. The van der Waals surface area contributed by atoms with E-state index in [4.69, 9.17) is 4.74 Å². The molecule has 15 heavy (non-hydrogen) atoms. The summed E-state index contributed by atoms with van der Waals surface area (Å²) in [6, 6.07) is 8.07. The van der Waals surface area contributed by atoms with Crippen LogP contribution in [0.2, 0.25) is 19.6 Å². The molecule has 0 aliphatic rings. The van der Waals surface area contributed by atoms with Gasteiger partial charge in [-0.25, -0.2) is 0 Å². The molecule has 82 valence electrons. The summed E-state index contributed by atoms with van der Waals surface area (Å²) in [5, 5.41) is 0. The van der Waals surface area contributed by atoms with E-state index in [1.54, 1.807) is 0 Å². The van der Waals surface area contributed by atoms with Gasteiger partial charge in [0.1, 0.15) is 5.75 Å². The molecule has 0 N–H and O–H groups in total. The summed E-state index contributed by atoms with van der Waals surface area (Å²) in [6.07, 6.45) is 1.84. The van der Waals surface area contributed by atoms with Gasteiger partial charge in [-0.1, -0.05) is 44.4 Å². The lowest BCUT2D eigenvalue weighted by molar-refractivity contribution is 0.289. The summed E-state index contributed by atoms with van der Waals surface area (Å²) < 4.78 is 5.91. The first-order valence-electron chi connectivity index (χ1n) is 5.32. The third-order valence-electron chi connectivity index (χ3n) is 2.65. The van der Waals surface area contributed by atoms with Crippen LogP contribution < -0.4 is 4.74 Å². The standard InChI is InChI=1S/C13H20OSi/c1-6-12-7-9-13(10-8-12)14-11(2)15(3,4)5/h6-11H,1H2,2-5H3. The maximum atomic E-state index is 5.91. The van der Waals surface area contributed by atoms with E-state index in [1.165, 1.54) is 0 Å². The van der Waals surface area contributed by atoms with Gasteiger partial charge in [0.2, 0.25) is 0 Å². The highest BCUT2D eigenvalue weighted by atomic mass is 28.3. The van der Waals surface area contributed by atoms with Gasteiger partial charge in [0.25, 0.3) is 0 Å². The third kappa shape index (κ3) is 3.55. The minimum Gasteiger partial charge on any atom is -0.494 e. The fraction of sp³-hybridized carbons (Fsp3) is 0.385. The molecule has 1 rings (SSSR count). The van der Waals surface area contributed by atoms with Crippen LogP contribution in [-0.4, -0.2) is 13.8 Å². The first kappa shape index (κ1) is 12.0. The lowest BCUT2D eigenvalue weighted by atomic mass is 10.2. The molecular formula is C13H20OSi. The van der Waals surface area contributed by atoms with Crippen LogP contribution >= 0.6 is 0 Å². The van der Waals surface area contributed by atoms with E-state index in [2.05, 4.69) is 33.1 Å². The van der Waals surface area contributed by atoms with Crippen LogP contribution in [0, 0.1) is 0 Å². The Hall–Kier alpha value is -1.02. The van der Waals surface area contributed by atoms with Crippen LogP contribution in [0.1, 0.15) is 12.5 Å².